The van der Waals surface area contributed by atoms with E-state index in [0.29, 0.717) is 18.1 Å². The number of hydrogen-bond acceptors (Lipinski definition) is 2. The molecule has 1 saturated carbocycles. The average Bonchev–Trinajstić information content (AvgIpc) is 2.49. The Kier molecular flexibility index (Phi) is 9.45. The van der Waals surface area contributed by atoms with Gasteiger partial charge in [0.2, 0.25) is 0 Å². The Bertz CT molecular complexity index is 301. The molecule has 0 atom stereocenters. The minimum absolute atomic E-state index is 0.232. The van der Waals surface area contributed by atoms with Crippen molar-refractivity contribution in [3.8, 4) is 0 Å². The third-order valence-electron chi connectivity index (χ3n) is 4.73. The highest BCUT2D eigenvalue weighted by Gasteiger charge is 2.22. The number of esters is 1. The Morgan fingerprint density at radius 3 is 2.19 bits per heavy atom. The maximum absolute atomic E-state index is 11.4. The Hall–Kier alpha value is -0.790. The molecule has 1 rings (SSSR count). The molecule has 21 heavy (non-hydrogen) atoms. The lowest BCUT2D eigenvalue weighted by molar-refractivity contribution is -0.140. The molecule has 122 valence electrons. The summed E-state index contributed by atoms with van der Waals surface area (Å²) in [6.07, 6.45) is 14.9. The molecule has 1 aliphatic rings. The van der Waals surface area contributed by atoms with E-state index >= 15 is 0 Å². The molecule has 0 radical (unpaired) electrons. The van der Waals surface area contributed by atoms with E-state index in [1.807, 2.05) is 0 Å². The van der Waals surface area contributed by atoms with Gasteiger partial charge in [-0.15, -0.1) is 0 Å². The van der Waals surface area contributed by atoms with Crippen LogP contribution < -0.4 is 0 Å². The fourth-order valence-corrected chi connectivity index (χ4v) is 3.22. The van der Waals surface area contributed by atoms with Crippen LogP contribution in [0.4, 0.5) is 0 Å². The predicted octanol–water partition coefficient (Wildman–Crippen LogP) is 5.66. The number of ether oxygens (including phenoxy) is 1. The van der Waals surface area contributed by atoms with Gasteiger partial charge in [0.15, 0.2) is 0 Å². The normalized spacial score (nSPS) is 22.0. The molecule has 0 spiro atoms. The number of carbonyl (C=O) groups is 1. The molecule has 0 amide bonds. The van der Waals surface area contributed by atoms with E-state index in [0.717, 1.165) is 5.92 Å². The predicted molar refractivity (Wildman–Crippen MR) is 89.2 cm³/mol. The summed E-state index contributed by atoms with van der Waals surface area (Å²) in [4.78, 5) is 11.4. The topological polar surface area (TPSA) is 26.3 Å². The molecule has 0 aromatic heterocycles. The highest BCUT2D eigenvalue weighted by Crippen LogP contribution is 2.32. The van der Waals surface area contributed by atoms with Gasteiger partial charge in [-0.1, -0.05) is 71.3 Å². The number of rotatable bonds is 10. The molecular formula is C19H34O2. The van der Waals surface area contributed by atoms with Crippen molar-refractivity contribution in [3.05, 3.63) is 12.2 Å². The lowest BCUT2D eigenvalue weighted by Crippen LogP contribution is -2.20. The van der Waals surface area contributed by atoms with Crippen LogP contribution in [-0.4, -0.2) is 12.6 Å². The van der Waals surface area contributed by atoms with E-state index in [1.165, 1.54) is 70.6 Å². The fourth-order valence-electron chi connectivity index (χ4n) is 3.22. The van der Waals surface area contributed by atoms with Gasteiger partial charge in [-0.3, -0.25) is 0 Å². The summed E-state index contributed by atoms with van der Waals surface area (Å²) in [5.41, 5.74) is 0.506. The largest absolute Gasteiger partial charge is 0.462 e. The second-order valence-electron chi connectivity index (χ2n) is 6.82. The summed E-state index contributed by atoms with van der Waals surface area (Å²) >= 11 is 0. The van der Waals surface area contributed by atoms with Gasteiger partial charge < -0.3 is 4.74 Å². The molecule has 0 saturated heterocycles. The van der Waals surface area contributed by atoms with Crippen LogP contribution >= 0.6 is 0 Å². The fraction of sp³-hybridized carbons (Fsp3) is 0.842. The minimum Gasteiger partial charge on any atom is -0.462 e. The van der Waals surface area contributed by atoms with Crippen LogP contribution in [0.2, 0.25) is 0 Å². The molecule has 1 aliphatic carbocycles. The number of unbranched alkanes of at least 4 members (excludes halogenated alkanes) is 5. The molecular weight excluding hydrogens is 260 g/mol. The van der Waals surface area contributed by atoms with E-state index in [9.17, 15) is 4.79 Å². The SMILES string of the molecule is C=C(C)C(=O)OCC1CCC(CCCCCCCC)CC1. The summed E-state index contributed by atoms with van der Waals surface area (Å²) in [6, 6.07) is 0. The average molecular weight is 294 g/mol. The molecule has 0 heterocycles. The van der Waals surface area contributed by atoms with E-state index < -0.39 is 0 Å². The maximum atomic E-state index is 11.4. The zero-order valence-electron chi connectivity index (χ0n) is 14.2. The summed E-state index contributed by atoms with van der Waals surface area (Å²) < 4.78 is 5.28. The van der Waals surface area contributed by atoms with Crippen LogP contribution in [0.15, 0.2) is 12.2 Å². The minimum atomic E-state index is -0.232. The number of carbonyl (C=O) groups excluding carboxylic acids is 1. The van der Waals surface area contributed by atoms with Crippen LogP contribution in [0.1, 0.15) is 84.5 Å². The molecule has 2 heteroatoms. The first-order valence-corrected chi connectivity index (χ1v) is 8.96. The molecule has 0 aromatic carbocycles. The van der Waals surface area contributed by atoms with Crippen LogP contribution in [0.3, 0.4) is 0 Å². The monoisotopic (exact) mass is 294 g/mol. The second kappa shape index (κ2) is 10.9. The van der Waals surface area contributed by atoms with Crippen molar-refractivity contribution < 1.29 is 9.53 Å². The van der Waals surface area contributed by atoms with E-state index in [4.69, 9.17) is 4.74 Å². The van der Waals surface area contributed by atoms with E-state index in [-0.39, 0.29) is 5.97 Å². The van der Waals surface area contributed by atoms with Crippen molar-refractivity contribution in [2.75, 3.05) is 6.61 Å². The van der Waals surface area contributed by atoms with Crippen LogP contribution in [0.25, 0.3) is 0 Å². The van der Waals surface area contributed by atoms with Gasteiger partial charge in [0, 0.05) is 5.57 Å². The highest BCUT2D eigenvalue weighted by atomic mass is 16.5. The second-order valence-corrected chi connectivity index (χ2v) is 6.82. The maximum Gasteiger partial charge on any atom is 0.333 e. The van der Waals surface area contributed by atoms with Gasteiger partial charge in [0.05, 0.1) is 6.61 Å². The molecule has 0 aromatic rings. The third-order valence-corrected chi connectivity index (χ3v) is 4.73. The zero-order chi connectivity index (χ0) is 15.5. The molecule has 1 fully saturated rings. The first-order chi connectivity index (χ1) is 10.1. The molecule has 2 nitrogen and oxygen atoms in total. The van der Waals surface area contributed by atoms with Crippen molar-refractivity contribution in [1.29, 1.82) is 0 Å². The molecule has 0 bridgehead atoms. The molecule has 0 N–H and O–H groups in total. The number of hydrogen-bond donors (Lipinski definition) is 0. The first-order valence-electron chi connectivity index (χ1n) is 8.96. The summed E-state index contributed by atoms with van der Waals surface area (Å²) in [7, 11) is 0. The Balaban J connectivity index is 2.01. The van der Waals surface area contributed by atoms with Crippen molar-refractivity contribution in [2.45, 2.75) is 84.5 Å². The van der Waals surface area contributed by atoms with Gasteiger partial charge in [-0.25, -0.2) is 4.79 Å². The lowest BCUT2D eigenvalue weighted by Gasteiger charge is -2.28. The van der Waals surface area contributed by atoms with Crippen molar-refractivity contribution >= 4 is 5.97 Å². The first kappa shape index (κ1) is 18.3. The quantitative estimate of drug-likeness (QED) is 0.295. The van der Waals surface area contributed by atoms with Crippen molar-refractivity contribution in [3.63, 3.8) is 0 Å². The summed E-state index contributed by atoms with van der Waals surface area (Å²) in [5.74, 6) is 1.27. The Morgan fingerprint density at radius 1 is 1.00 bits per heavy atom. The smallest absolute Gasteiger partial charge is 0.333 e. The standard InChI is InChI=1S/C19H34O2/c1-4-5-6-7-8-9-10-17-11-13-18(14-12-17)15-21-19(20)16(2)3/h17-18H,2,4-15H2,1,3H3. The Morgan fingerprint density at radius 2 is 1.57 bits per heavy atom. The van der Waals surface area contributed by atoms with Gasteiger partial charge >= 0.3 is 5.97 Å². The van der Waals surface area contributed by atoms with E-state index in [1.54, 1.807) is 6.92 Å². The van der Waals surface area contributed by atoms with Gasteiger partial charge in [-0.2, -0.15) is 0 Å². The Labute approximate surface area is 131 Å². The third kappa shape index (κ3) is 8.28. The van der Waals surface area contributed by atoms with Gasteiger partial charge in [0.1, 0.15) is 0 Å². The summed E-state index contributed by atoms with van der Waals surface area (Å²) in [5, 5.41) is 0. The molecule has 0 unspecified atom stereocenters. The summed E-state index contributed by atoms with van der Waals surface area (Å²) in [6.45, 7) is 8.19. The highest BCUT2D eigenvalue weighted by molar-refractivity contribution is 5.86. The van der Waals surface area contributed by atoms with Gasteiger partial charge in [-0.05, 0) is 31.6 Å². The van der Waals surface area contributed by atoms with Crippen LogP contribution in [0.5, 0.6) is 0 Å². The van der Waals surface area contributed by atoms with Crippen LogP contribution in [-0.2, 0) is 9.53 Å². The molecule has 0 aliphatic heterocycles. The van der Waals surface area contributed by atoms with Crippen molar-refractivity contribution in [2.24, 2.45) is 11.8 Å². The van der Waals surface area contributed by atoms with Crippen molar-refractivity contribution in [1.82, 2.24) is 0 Å². The van der Waals surface area contributed by atoms with E-state index in [2.05, 4.69) is 13.5 Å². The zero-order valence-corrected chi connectivity index (χ0v) is 14.2. The van der Waals surface area contributed by atoms with Crippen LogP contribution in [0, 0.1) is 11.8 Å². The van der Waals surface area contributed by atoms with Gasteiger partial charge in [0.25, 0.3) is 0 Å². The lowest BCUT2D eigenvalue weighted by atomic mass is 9.80.